The Morgan fingerprint density at radius 2 is 2.11 bits per heavy atom. The average Bonchev–Trinajstić information content (AvgIpc) is 2.73. The molecule has 0 spiro atoms. The predicted octanol–water partition coefficient (Wildman–Crippen LogP) is 3.02. The summed E-state index contributed by atoms with van der Waals surface area (Å²) in [5, 5.41) is 0. The van der Waals surface area contributed by atoms with E-state index in [1.54, 1.807) is 6.08 Å². The minimum atomic E-state index is -0.242. The van der Waals surface area contributed by atoms with E-state index in [9.17, 15) is 4.79 Å². The fraction of sp³-hybridized carbons (Fsp3) is 0.312. The van der Waals surface area contributed by atoms with Crippen LogP contribution >= 0.6 is 0 Å². The van der Waals surface area contributed by atoms with Gasteiger partial charge in [-0.25, -0.2) is 4.79 Å². The minimum Gasteiger partial charge on any atom is -0.455 e. The van der Waals surface area contributed by atoms with Gasteiger partial charge in [-0.1, -0.05) is 42.5 Å². The van der Waals surface area contributed by atoms with E-state index in [-0.39, 0.29) is 12.1 Å². The Balaban J connectivity index is 1.65. The molecular weight excluding hydrogens is 240 g/mol. The van der Waals surface area contributed by atoms with Crippen LogP contribution in [0, 0.1) is 0 Å². The summed E-state index contributed by atoms with van der Waals surface area (Å²) in [7, 11) is 0. The van der Waals surface area contributed by atoms with Crippen LogP contribution in [0.15, 0.2) is 54.1 Å². The van der Waals surface area contributed by atoms with Gasteiger partial charge in [0.1, 0.15) is 6.10 Å². The zero-order valence-electron chi connectivity index (χ0n) is 11.0. The van der Waals surface area contributed by atoms with Gasteiger partial charge in [-0.2, -0.15) is 0 Å². The third kappa shape index (κ3) is 4.38. The van der Waals surface area contributed by atoms with Crippen LogP contribution in [-0.2, 0) is 20.9 Å². The monoisotopic (exact) mass is 258 g/mol. The van der Waals surface area contributed by atoms with Crippen molar-refractivity contribution in [2.24, 2.45) is 0 Å². The average molecular weight is 258 g/mol. The van der Waals surface area contributed by atoms with Crippen molar-refractivity contribution in [1.29, 1.82) is 0 Å². The number of cyclic esters (lactones) is 1. The summed E-state index contributed by atoms with van der Waals surface area (Å²) in [5.41, 5.74) is 1.80. The molecule has 3 heteroatoms. The fourth-order valence-corrected chi connectivity index (χ4v) is 1.84. The summed E-state index contributed by atoms with van der Waals surface area (Å²) >= 11 is 0. The second-order valence-electron chi connectivity index (χ2n) is 4.46. The molecule has 19 heavy (non-hydrogen) atoms. The summed E-state index contributed by atoms with van der Waals surface area (Å²) in [6.07, 6.45) is 6.24. The van der Waals surface area contributed by atoms with Gasteiger partial charge in [0.05, 0.1) is 18.8 Å². The maximum atomic E-state index is 11.3. The summed E-state index contributed by atoms with van der Waals surface area (Å²) < 4.78 is 10.5. The number of rotatable bonds is 6. The number of ether oxygens (including phenoxy) is 2. The van der Waals surface area contributed by atoms with Crippen LogP contribution in [0.1, 0.15) is 18.9 Å². The number of carbonyl (C=O) groups excluding carboxylic acids is 1. The highest BCUT2D eigenvalue weighted by atomic mass is 16.5. The topological polar surface area (TPSA) is 35.5 Å². The minimum absolute atomic E-state index is 0.110. The first-order chi connectivity index (χ1) is 9.25. The van der Waals surface area contributed by atoms with Crippen LogP contribution in [0.3, 0.4) is 0 Å². The lowest BCUT2D eigenvalue weighted by Crippen LogP contribution is -2.02. The van der Waals surface area contributed by atoms with Gasteiger partial charge in [0.15, 0.2) is 0 Å². The van der Waals surface area contributed by atoms with Gasteiger partial charge < -0.3 is 9.47 Å². The second-order valence-corrected chi connectivity index (χ2v) is 4.46. The summed E-state index contributed by atoms with van der Waals surface area (Å²) in [4.78, 5) is 11.3. The molecule has 0 fully saturated rings. The quantitative estimate of drug-likeness (QED) is 0.581. The Bertz CT molecular complexity index is 474. The lowest BCUT2D eigenvalue weighted by atomic mass is 10.2. The van der Waals surface area contributed by atoms with Crippen molar-refractivity contribution >= 4 is 5.97 Å². The van der Waals surface area contributed by atoms with Crippen molar-refractivity contribution in [3.8, 4) is 0 Å². The number of esters is 1. The van der Waals surface area contributed by atoms with E-state index in [0.29, 0.717) is 18.8 Å². The van der Waals surface area contributed by atoms with Gasteiger partial charge in [-0.15, -0.1) is 0 Å². The standard InChI is InChI=1S/C16H18O3/c1-13-11-15(16(17)19-13)9-5-6-10-18-12-14-7-3-2-4-8-14/h2-5,7-9,11,13H,6,10,12H2,1H3/b9-5+/t13-/m0/s1. The van der Waals surface area contributed by atoms with Crippen LogP contribution in [-0.4, -0.2) is 18.7 Å². The van der Waals surface area contributed by atoms with Crippen LogP contribution in [0.25, 0.3) is 0 Å². The van der Waals surface area contributed by atoms with Crippen LogP contribution < -0.4 is 0 Å². The highest BCUT2D eigenvalue weighted by Gasteiger charge is 2.19. The van der Waals surface area contributed by atoms with Gasteiger partial charge in [0.2, 0.25) is 0 Å². The normalized spacial score (nSPS) is 18.7. The molecule has 1 atom stereocenters. The predicted molar refractivity (Wildman–Crippen MR) is 73.5 cm³/mol. The second kappa shape index (κ2) is 6.90. The van der Waals surface area contributed by atoms with E-state index in [4.69, 9.17) is 9.47 Å². The highest BCUT2D eigenvalue weighted by molar-refractivity contribution is 5.93. The molecule has 1 aliphatic heterocycles. The SMILES string of the molecule is C[C@H]1C=C(/C=C/CCOCc2ccccc2)C(=O)O1. The maximum absolute atomic E-state index is 11.3. The fourth-order valence-electron chi connectivity index (χ4n) is 1.84. The number of hydrogen-bond donors (Lipinski definition) is 0. The van der Waals surface area contributed by atoms with E-state index >= 15 is 0 Å². The molecule has 0 radical (unpaired) electrons. The number of carbonyl (C=O) groups is 1. The highest BCUT2D eigenvalue weighted by Crippen LogP contribution is 2.14. The Morgan fingerprint density at radius 3 is 2.79 bits per heavy atom. The molecular formula is C16H18O3. The van der Waals surface area contributed by atoms with Gasteiger partial charge in [0, 0.05) is 0 Å². The lowest BCUT2D eigenvalue weighted by molar-refractivity contribution is -0.138. The molecule has 0 unspecified atom stereocenters. The molecule has 2 rings (SSSR count). The van der Waals surface area contributed by atoms with Crippen molar-refractivity contribution < 1.29 is 14.3 Å². The van der Waals surface area contributed by atoms with Crippen molar-refractivity contribution in [1.82, 2.24) is 0 Å². The van der Waals surface area contributed by atoms with Crippen LogP contribution in [0.4, 0.5) is 0 Å². The third-order valence-corrected chi connectivity index (χ3v) is 2.78. The lowest BCUT2D eigenvalue weighted by Gasteiger charge is -2.01. The molecule has 3 nitrogen and oxygen atoms in total. The molecule has 1 aliphatic rings. The van der Waals surface area contributed by atoms with Crippen molar-refractivity contribution in [3.05, 3.63) is 59.7 Å². The molecule has 0 amide bonds. The third-order valence-electron chi connectivity index (χ3n) is 2.78. The number of benzene rings is 1. The maximum Gasteiger partial charge on any atom is 0.338 e. The molecule has 1 aromatic rings. The van der Waals surface area contributed by atoms with E-state index in [1.807, 2.05) is 49.4 Å². The molecule has 0 aromatic heterocycles. The number of hydrogen-bond acceptors (Lipinski definition) is 3. The molecule has 0 saturated heterocycles. The summed E-state index contributed by atoms with van der Waals surface area (Å²) in [6, 6.07) is 10.1. The van der Waals surface area contributed by atoms with E-state index < -0.39 is 0 Å². The van der Waals surface area contributed by atoms with Gasteiger partial charge in [-0.3, -0.25) is 0 Å². The Labute approximate surface area is 113 Å². The Kier molecular flexibility index (Phi) is 4.93. The summed E-state index contributed by atoms with van der Waals surface area (Å²) in [6.45, 7) is 3.11. The van der Waals surface area contributed by atoms with Crippen molar-refractivity contribution in [2.45, 2.75) is 26.1 Å². The molecule has 0 N–H and O–H groups in total. The molecule has 1 aromatic carbocycles. The van der Waals surface area contributed by atoms with Crippen LogP contribution in [0.5, 0.6) is 0 Å². The van der Waals surface area contributed by atoms with Gasteiger partial charge in [-0.05, 0) is 25.0 Å². The Morgan fingerprint density at radius 1 is 1.32 bits per heavy atom. The smallest absolute Gasteiger partial charge is 0.338 e. The Hall–Kier alpha value is -1.87. The van der Waals surface area contributed by atoms with Crippen molar-refractivity contribution in [3.63, 3.8) is 0 Å². The molecule has 1 heterocycles. The van der Waals surface area contributed by atoms with Gasteiger partial charge in [0.25, 0.3) is 0 Å². The first kappa shape index (κ1) is 13.6. The van der Waals surface area contributed by atoms with Gasteiger partial charge >= 0.3 is 5.97 Å². The molecule has 0 bridgehead atoms. The van der Waals surface area contributed by atoms with Crippen molar-refractivity contribution in [2.75, 3.05) is 6.61 Å². The molecule has 100 valence electrons. The van der Waals surface area contributed by atoms with E-state index in [2.05, 4.69) is 0 Å². The van der Waals surface area contributed by atoms with Crippen LogP contribution in [0.2, 0.25) is 0 Å². The molecule has 0 aliphatic carbocycles. The van der Waals surface area contributed by atoms with E-state index in [0.717, 1.165) is 6.42 Å². The molecule has 0 saturated carbocycles. The largest absolute Gasteiger partial charge is 0.455 e. The summed E-state index contributed by atoms with van der Waals surface area (Å²) in [5.74, 6) is -0.242. The zero-order chi connectivity index (χ0) is 13.5. The first-order valence-corrected chi connectivity index (χ1v) is 6.47. The first-order valence-electron chi connectivity index (χ1n) is 6.47. The zero-order valence-corrected chi connectivity index (χ0v) is 11.0. The van der Waals surface area contributed by atoms with E-state index in [1.165, 1.54) is 5.56 Å².